The molecule has 8 heteroatoms. The molecule has 0 spiro atoms. The lowest BCUT2D eigenvalue weighted by Crippen LogP contribution is -2.45. The Morgan fingerprint density at radius 1 is 1.42 bits per heavy atom. The highest BCUT2D eigenvalue weighted by molar-refractivity contribution is 6.35. The summed E-state index contributed by atoms with van der Waals surface area (Å²) in [4.78, 5) is 29.4. The third-order valence-corrected chi connectivity index (χ3v) is 3.01. The number of H-pyrrole nitrogens is 1. The highest BCUT2D eigenvalue weighted by Crippen LogP contribution is 2.04. The van der Waals surface area contributed by atoms with E-state index in [4.69, 9.17) is 0 Å². The molecule has 104 valence electrons. The maximum atomic E-state index is 12.0. The minimum absolute atomic E-state index is 0.371. The summed E-state index contributed by atoms with van der Waals surface area (Å²) in [6.07, 6.45) is 2.22. The summed E-state index contributed by atoms with van der Waals surface area (Å²) in [6, 6.07) is -0.371. The van der Waals surface area contributed by atoms with E-state index in [0.717, 1.165) is 19.5 Å². The monoisotopic (exact) mass is 266 g/mol. The van der Waals surface area contributed by atoms with E-state index in [1.165, 1.54) is 6.33 Å². The molecule has 1 atom stereocenters. The molecule has 3 N–H and O–H groups in total. The zero-order valence-electron chi connectivity index (χ0n) is 10.8. The van der Waals surface area contributed by atoms with Crippen molar-refractivity contribution in [1.82, 2.24) is 30.7 Å². The van der Waals surface area contributed by atoms with Crippen LogP contribution in [0.4, 0.5) is 0 Å². The van der Waals surface area contributed by atoms with Gasteiger partial charge in [0.1, 0.15) is 12.2 Å². The topological polar surface area (TPSA) is 103 Å². The Labute approximate surface area is 111 Å². The van der Waals surface area contributed by atoms with Crippen LogP contribution in [0.15, 0.2) is 6.33 Å². The predicted octanol–water partition coefficient (Wildman–Crippen LogP) is -1.20. The smallest absolute Gasteiger partial charge is 0.311 e. The first-order valence-corrected chi connectivity index (χ1v) is 6.34. The maximum Gasteiger partial charge on any atom is 0.311 e. The lowest BCUT2D eigenvalue weighted by molar-refractivity contribution is -0.146. The van der Waals surface area contributed by atoms with Crippen LogP contribution >= 0.6 is 0 Å². The van der Waals surface area contributed by atoms with Crippen molar-refractivity contribution in [1.29, 1.82) is 0 Å². The molecular weight excluding hydrogens is 248 g/mol. The minimum atomic E-state index is -0.606. The number of amides is 2. The van der Waals surface area contributed by atoms with Gasteiger partial charge in [-0.15, -0.1) is 0 Å². The second-order valence-electron chi connectivity index (χ2n) is 4.46. The van der Waals surface area contributed by atoms with Gasteiger partial charge < -0.3 is 15.5 Å². The van der Waals surface area contributed by atoms with Gasteiger partial charge in [-0.25, -0.2) is 4.98 Å². The number of hydrogen-bond donors (Lipinski definition) is 3. The molecule has 1 aromatic heterocycles. The fraction of sp³-hybridized carbons (Fsp3) is 0.636. The van der Waals surface area contributed by atoms with E-state index < -0.39 is 11.8 Å². The van der Waals surface area contributed by atoms with Gasteiger partial charge in [0, 0.05) is 19.6 Å². The maximum absolute atomic E-state index is 12.0. The van der Waals surface area contributed by atoms with Gasteiger partial charge in [-0.1, -0.05) is 0 Å². The Bertz CT molecular complexity index is 424. The summed E-state index contributed by atoms with van der Waals surface area (Å²) in [5.74, 6) is -0.570. The first kappa shape index (κ1) is 13.5. The number of aromatic nitrogens is 3. The summed E-state index contributed by atoms with van der Waals surface area (Å²) < 4.78 is 0. The minimum Gasteiger partial charge on any atom is -0.338 e. The van der Waals surface area contributed by atoms with E-state index in [-0.39, 0.29) is 6.04 Å². The Balaban J connectivity index is 1.89. The normalized spacial score (nSPS) is 17.6. The van der Waals surface area contributed by atoms with Crippen LogP contribution < -0.4 is 10.6 Å². The Morgan fingerprint density at radius 2 is 2.26 bits per heavy atom. The quantitative estimate of drug-likeness (QED) is 0.584. The van der Waals surface area contributed by atoms with Gasteiger partial charge in [0.25, 0.3) is 0 Å². The second-order valence-corrected chi connectivity index (χ2v) is 4.46. The molecule has 1 aliphatic heterocycles. The molecule has 19 heavy (non-hydrogen) atoms. The number of hydrogen-bond acceptors (Lipinski definition) is 5. The van der Waals surface area contributed by atoms with Gasteiger partial charge in [-0.05, 0) is 19.9 Å². The lowest BCUT2D eigenvalue weighted by Gasteiger charge is -2.20. The van der Waals surface area contributed by atoms with Gasteiger partial charge >= 0.3 is 11.8 Å². The summed E-state index contributed by atoms with van der Waals surface area (Å²) in [6.45, 7) is 4.51. The van der Waals surface area contributed by atoms with Crippen LogP contribution in [-0.2, 0) is 9.59 Å². The number of nitrogens with zero attached hydrogens (tertiary/aromatic N) is 3. The molecule has 1 aromatic rings. The van der Waals surface area contributed by atoms with Gasteiger partial charge in [-0.2, -0.15) is 5.10 Å². The van der Waals surface area contributed by atoms with E-state index in [1.54, 1.807) is 11.8 Å². The predicted molar refractivity (Wildman–Crippen MR) is 67.0 cm³/mol. The van der Waals surface area contributed by atoms with Crippen molar-refractivity contribution in [2.24, 2.45) is 0 Å². The number of rotatable bonds is 2. The van der Waals surface area contributed by atoms with Crippen molar-refractivity contribution >= 4 is 11.8 Å². The summed E-state index contributed by atoms with van der Waals surface area (Å²) >= 11 is 0. The van der Waals surface area contributed by atoms with Crippen molar-refractivity contribution in [3.63, 3.8) is 0 Å². The van der Waals surface area contributed by atoms with Crippen molar-refractivity contribution < 1.29 is 9.59 Å². The molecule has 2 rings (SSSR count). The molecule has 1 fully saturated rings. The number of aromatic amines is 1. The van der Waals surface area contributed by atoms with Crippen LogP contribution in [0, 0.1) is 0 Å². The van der Waals surface area contributed by atoms with E-state index in [0.29, 0.717) is 18.9 Å². The molecule has 1 unspecified atom stereocenters. The molecule has 1 saturated heterocycles. The van der Waals surface area contributed by atoms with Crippen molar-refractivity contribution in [3.05, 3.63) is 12.2 Å². The summed E-state index contributed by atoms with van der Waals surface area (Å²) in [5.41, 5.74) is 0. The highest BCUT2D eigenvalue weighted by Gasteiger charge is 2.24. The third kappa shape index (κ3) is 3.50. The van der Waals surface area contributed by atoms with Crippen molar-refractivity contribution in [2.75, 3.05) is 26.2 Å². The highest BCUT2D eigenvalue weighted by atomic mass is 16.2. The van der Waals surface area contributed by atoms with Gasteiger partial charge in [0.2, 0.25) is 0 Å². The van der Waals surface area contributed by atoms with Crippen LogP contribution in [0.3, 0.4) is 0 Å². The van der Waals surface area contributed by atoms with Gasteiger partial charge in [0.05, 0.1) is 6.04 Å². The molecule has 0 bridgehead atoms. The molecule has 0 saturated carbocycles. The molecule has 0 radical (unpaired) electrons. The fourth-order valence-corrected chi connectivity index (χ4v) is 1.94. The molecule has 0 aromatic carbocycles. The summed E-state index contributed by atoms with van der Waals surface area (Å²) in [5, 5.41) is 12.2. The second kappa shape index (κ2) is 6.28. The van der Waals surface area contributed by atoms with Crippen LogP contribution in [-0.4, -0.2) is 58.1 Å². The van der Waals surface area contributed by atoms with E-state index >= 15 is 0 Å². The van der Waals surface area contributed by atoms with Crippen molar-refractivity contribution in [2.45, 2.75) is 19.4 Å². The van der Waals surface area contributed by atoms with Gasteiger partial charge in [0.15, 0.2) is 0 Å². The average molecular weight is 266 g/mol. The SMILES string of the molecule is CC(NC(=O)C(=O)N1CCCNCC1)c1ncn[nH]1. The molecule has 2 amide bonds. The Hall–Kier alpha value is -1.96. The Morgan fingerprint density at radius 3 is 3.00 bits per heavy atom. The Kier molecular flexibility index (Phi) is 4.45. The largest absolute Gasteiger partial charge is 0.338 e. The zero-order chi connectivity index (χ0) is 13.7. The first-order chi connectivity index (χ1) is 9.18. The van der Waals surface area contributed by atoms with Crippen LogP contribution in [0.1, 0.15) is 25.2 Å². The standard InChI is InChI=1S/C11H18N6O2/c1-8(9-13-7-14-16-9)15-10(18)11(19)17-5-2-3-12-4-6-17/h7-8,12H,2-6H2,1H3,(H,15,18)(H,13,14,16). The lowest BCUT2D eigenvalue weighted by atomic mass is 10.3. The zero-order valence-corrected chi connectivity index (χ0v) is 10.8. The average Bonchev–Trinajstić information content (AvgIpc) is 2.81. The van der Waals surface area contributed by atoms with Crippen molar-refractivity contribution in [3.8, 4) is 0 Å². The molecule has 1 aliphatic rings. The molecular formula is C11H18N6O2. The van der Waals surface area contributed by atoms with Crippen LogP contribution in [0.2, 0.25) is 0 Å². The first-order valence-electron chi connectivity index (χ1n) is 6.34. The third-order valence-electron chi connectivity index (χ3n) is 3.01. The molecule has 2 heterocycles. The van der Waals surface area contributed by atoms with E-state index in [1.807, 2.05) is 0 Å². The number of nitrogens with one attached hydrogen (secondary N) is 3. The number of carbonyl (C=O) groups excluding carboxylic acids is 2. The molecule has 8 nitrogen and oxygen atoms in total. The van der Waals surface area contributed by atoms with E-state index in [2.05, 4.69) is 25.8 Å². The van der Waals surface area contributed by atoms with Gasteiger partial charge in [-0.3, -0.25) is 14.7 Å². The van der Waals surface area contributed by atoms with Crippen LogP contribution in [0.5, 0.6) is 0 Å². The fourth-order valence-electron chi connectivity index (χ4n) is 1.94. The number of carbonyl (C=O) groups is 2. The molecule has 0 aliphatic carbocycles. The van der Waals surface area contributed by atoms with Crippen LogP contribution in [0.25, 0.3) is 0 Å². The van der Waals surface area contributed by atoms with E-state index in [9.17, 15) is 9.59 Å². The summed E-state index contributed by atoms with van der Waals surface area (Å²) in [7, 11) is 0.